The third-order valence-corrected chi connectivity index (χ3v) is 6.00. The Balaban J connectivity index is 2.30. The third kappa shape index (κ3) is 13.5. The highest BCUT2D eigenvalue weighted by Gasteiger charge is 2.11. The minimum atomic E-state index is 0.130. The molecule has 1 atom stereocenters. The monoisotopic (exact) mass is 403 g/mol. The van der Waals surface area contributed by atoms with Crippen LogP contribution in [0.3, 0.4) is 0 Å². The summed E-state index contributed by atoms with van der Waals surface area (Å²) in [6.45, 7) is 3.22. The molecular weight excluding hydrogens is 358 g/mol. The maximum absolute atomic E-state index is 10.2. The van der Waals surface area contributed by atoms with Crippen molar-refractivity contribution in [1.29, 1.82) is 0 Å². The molecule has 0 bridgehead atoms. The van der Waals surface area contributed by atoms with E-state index >= 15 is 0 Å². The number of carbonyl (C=O) groups excluding carboxylic acids is 1. The van der Waals surface area contributed by atoms with Crippen molar-refractivity contribution >= 4 is 6.41 Å². The van der Waals surface area contributed by atoms with Crippen molar-refractivity contribution in [1.82, 2.24) is 5.32 Å². The lowest BCUT2D eigenvalue weighted by atomic mass is 9.87. The Morgan fingerprint density at radius 1 is 0.793 bits per heavy atom. The van der Waals surface area contributed by atoms with E-state index in [1.165, 1.54) is 95.5 Å². The topological polar surface area (TPSA) is 49.3 Å². The summed E-state index contributed by atoms with van der Waals surface area (Å²) in [7, 11) is 0. The van der Waals surface area contributed by atoms with Crippen LogP contribution in [0, 0.1) is 0 Å². The van der Waals surface area contributed by atoms with Crippen LogP contribution >= 0.6 is 0 Å². The van der Waals surface area contributed by atoms with E-state index in [1.54, 1.807) is 0 Å². The number of amides is 1. The number of aliphatic hydroxyl groups excluding tert-OH is 1. The van der Waals surface area contributed by atoms with Crippen molar-refractivity contribution in [2.75, 3.05) is 6.54 Å². The van der Waals surface area contributed by atoms with E-state index in [-0.39, 0.29) is 6.61 Å². The maximum atomic E-state index is 10.2. The molecule has 1 amide bonds. The number of benzene rings is 1. The second-order valence-corrected chi connectivity index (χ2v) is 8.49. The highest BCUT2D eigenvalue weighted by Crippen LogP contribution is 2.29. The zero-order valence-electron chi connectivity index (χ0n) is 18.8. The third-order valence-electron chi connectivity index (χ3n) is 6.00. The molecule has 0 aliphatic heterocycles. The van der Waals surface area contributed by atoms with Gasteiger partial charge in [0, 0.05) is 6.54 Å². The fourth-order valence-corrected chi connectivity index (χ4v) is 4.10. The summed E-state index contributed by atoms with van der Waals surface area (Å²) in [6.07, 6.45) is 20.4. The number of rotatable bonds is 20. The summed E-state index contributed by atoms with van der Waals surface area (Å²) < 4.78 is 0. The summed E-state index contributed by atoms with van der Waals surface area (Å²) in [5.41, 5.74) is 2.46. The Morgan fingerprint density at radius 2 is 1.31 bits per heavy atom. The number of carbonyl (C=O) groups is 1. The van der Waals surface area contributed by atoms with Gasteiger partial charge >= 0.3 is 0 Å². The molecule has 3 heteroatoms. The maximum Gasteiger partial charge on any atom is 0.207 e. The summed E-state index contributed by atoms with van der Waals surface area (Å²) >= 11 is 0. The lowest BCUT2D eigenvalue weighted by Crippen LogP contribution is -2.11. The van der Waals surface area contributed by atoms with Gasteiger partial charge in [-0.05, 0) is 36.3 Å². The van der Waals surface area contributed by atoms with Crippen LogP contribution in [0.5, 0.6) is 0 Å². The van der Waals surface area contributed by atoms with E-state index in [1.807, 2.05) is 0 Å². The van der Waals surface area contributed by atoms with Crippen molar-refractivity contribution in [3.05, 3.63) is 35.4 Å². The van der Waals surface area contributed by atoms with Gasteiger partial charge in [-0.15, -0.1) is 0 Å². The number of nitrogens with one attached hydrogen (secondary N) is 1. The molecule has 0 spiro atoms. The lowest BCUT2D eigenvalue weighted by Gasteiger charge is -2.18. The fourth-order valence-electron chi connectivity index (χ4n) is 4.10. The van der Waals surface area contributed by atoms with Crippen LogP contribution in [-0.2, 0) is 11.4 Å². The minimum Gasteiger partial charge on any atom is -0.392 e. The largest absolute Gasteiger partial charge is 0.392 e. The van der Waals surface area contributed by atoms with Crippen LogP contribution in [0.15, 0.2) is 24.3 Å². The summed E-state index contributed by atoms with van der Waals surface area (Å²) in [5, 5.41) is 12.0. The van der Waals surface area contributed by atoms with Crippen molar-refractivity contribution in [3.63, 3.8) is 0 Å². The normalized spacial score (nSPS) is 12.1. The Morgan fingerprint density at radius 3 is 1.83 bits per heavy atom. The van der Waals surface area contributed by atoms with Gasteiger partial charge in [-0.25, -0.2) is 0 Å². The molecule has 0 aliphatic carbocycles. The molecule has 1 aromatic rings. The lowest BCUT2D eigenvalue weighted by molar-refractivity contribution is -0.109. The van der Waals surface area contributed by atoms with Crippen molar-refractivity contribution < 1.29 is 9.90 Å². The second-order valence-electron chi connectivity index (χ2n) is 8.49. The van der Waals surface area contributed by atoms with Crippen LogP contribution in [0.2, 0.25) is 0 Å². The predicted molar refractivity (Wildman–Crippen MR) is 124 cm³/mol. The Hall–Kier alpha value is -1.35. The van der Waals surface area contributed by atoms with Gasteiger partial charge in [0.15, 0.2) is 0 Å². The van der Waals surface area contributed by atoms with Crippen LogP contribution < -0.4 is 5.32 Å². The van der Waals surface area contributed by atoms with Crippen molar-refractivity contribution in [2.24, 2.45) is 0 Å². The molecule has 1 rings (SSSR count). The van der Waals surface area contributed by atoms with Gasteiger partial charge < -0.3 is 10.4 Å². The first kappa shape index (κ1) is 25.7. The molecule has 0 fully saturated rings. The van der Waals surface area contributed by atoms with Crippen LogP contribution in [0.4, 0.5) is 0 Å². The highest BCUT2D eigenvalue weighted by atomic mass is 16.3. The molecule has 0 heterocycles. The molecule has 1 aromatic carbocycles. The zero-order chi connectivity index (χ0) is 21.0. The van der Waals surface area contributed by atoms with Gasteiger partial charge in [0.25, 0.3) is 0 Å². The van der Waals surface area contributed by atoms with Gasteiger partial charge in [0.05, 0.1) is 6.61 Å². The Labute approximate surface area is 179 Å². The van der Waals surface area contributed by atoms with E-state index in [9.17, 15) is 9.90 Å². The molecule has 0 aromatic heterocycles. The SMILES string of the molecule is CCCCCCCCCC(CCCCCCCCNC=O)c1ccc(CO)cc1. The van der Waals surface area contributed by atoms with Crippen LogP contribution in [-0.4, -0.2) is 18.1 Å². The number of hydrogen-bond donors (Lipinski definition) is 2. The molecule has 0 aliphatic rings. The van der Waals surface area contributed by atoms with E-state index in [0.717, 1.165) is 24.9 Å². The standard InChI is InChI=1S/C26H45NO2/c1-2-3-4-5-6-9-12-15-25(26-19-17-24(22-28)18-20-26)16-13-10-7-8-11-14-21-27-23-29/h17-20,23,25,28H,2-16,21-22H2,1H3,(H,27,29). The van der Waals surface area contributed by atoms with Gasteiger partial charge in [-0.2, -0.15) is 0 Å². The molecule has 0 radical (unpaired) electrons. The van der Waals surface area contributed by atoms with E-state index < -0.39 is 0 Å². The van der Waals surface area contributed by atoms with Crippen LogP contribution in [0.1, 0.15) is 120 Å². The smallest absolute Gasteiger partial charge is 0.207 e. The van der Waals surface area contributed by atoms with Gasteiger partial charge in [-0.3, -0.25) is 4.79 Å². The van der Waals surface area contributed by atoms with Gasteiger partial charge in [0.1, 0.15) is 0 Å². The van der Waals surface area contributed by atoms with Crippen molar-refractivity contribution in [2.45, 2.75) is 116 Å². The molecule has 166 valence electrons. The first-order valence-electron chi connectivity index (χ1n) is 12.2. The average Bonchev–Trinajstić information content (AvgIpc) is 2.76. The minimum absolute atomic E-state index is 0.130. The molecule has 0 saturated carbocycles. The van der Waals surface area contributed by atoms with Crippen LogP contribution in [0.25, 0.3) is 0 Å². The number of unbranched alkanes of at least 4 members (excludes halogenated alkanes) is 11. The first-order valence-corrected chi connectivity index (χ1v) is 12.2. The number of hydrogen-bond acceptors (Lipinski definition) is 2. The Kier molecular flexibility index (Phi) is 16.5. The average molecular weight is 404 g/mol. The summed E-state index contributed by atoms with van der Waals surface area (Å²) in [6, 6.07) is 8.63. The summed E-state index contributed by atoms with van der Waals surface area (Å²) in [5.74, 6) is 0.662. The van der Waals surface area contributed by atoms with E-state index in [0.29, 0.717) is 5.92 Å². The van der Waals surface area contributed by atoms with Gasteiger partial charge in [-0.1, -0.05) is 108 Å². The van der Waals surface area contributed by atoms with Gasteiger partial charge in [0.2, 0.25) is 6.41 Å². The number of aliphatic hydroxyl groups is 1. The molecule has 0 saturated heterocycles. The predicted octanol–water partition coefficient (Wildman–Crippen LogP) is 6.88. The molecule has 29 heavy (non-hydrogen) atoms. The van der Waals surface area contributed by atoms with E-state index in [2.05, 4.69) is 36.5 Å². The van der Waals surface area contributed by atoms with E-state index in [4.69, 9.17) is 0 Å². The Bertz CT molecular complexity index is 486. The molecule has 3 nitrogen and oxygen atoms in total. The summed E-state index contributed by atoms with van der Waals surface area (Å²) in [4.78, 5) is 10.2. The quantitative estimate of drug-likeness (QED) is 0.184. The molecule has 2 N–H and O–H groups in total. The molecule has 1 unspecified atom stereocenters. The molecular formula is C26H45NO2. The zero-order valence-corrected chi connectivity index (χ0v) is 18.8. The fraction of sp³-hybridized carbons (Fsp3) is 0.731. The second kappa shape index (κ2) is 18.7. The van der Waals surface area contributed by atoms with Crippen molar-refractivity contribution in [3.8, 4) is 0 Å². The first-order chi connectivity index (χ1) is 14.3. The highest BCUT2D eigenvalue weighted by molar-refractivity contribution is 5.45.